The summed E-state index contributed by atoms with van der Waals surface area (Å²) in [6.45, 7) is 0. The molecule has 0 saturated heterocycles. The van der Waals surface area contributed by atoms with Crippen molar-refractivity contribution in [3.63, 3.8) is 0 Å². The standard InChI is InChI=1S/C13H11ClN2O2S2/c14-10-5-3-9(4-6-10)13(18)16-15-11(17)8-20-12-2-1-7-19-12/h1-7H,8H2,(H,15,17)(H,16,18). The van der Waals surface area contributed by atoms with Gasteiger partial charge in [-0.1, -0.05) is 17.7 Å². The van der Waals surface area contributed by atoms with Gasteiger partial charge in [0.15, 0.2) is 0 Å². The second-order valence-electron chi connectivity index (χ2n) is 3.73. The van der Waals surface area contributed by atoms with Crippen LogP contribution in [0.1, 0.15) is 10.4 Å². The van der Waals surface area contributed by atoms with Crippen molar-refractivity contribution in [2.75, 3.05) is 5.75 Å². The number of hydrogen-bond acceptors (Lipinski definition) is 4. The average molecular weight is 327 g/mol. The van der Waals surface area contributed by atoms with E-state index in [1.165, 1.54) is 11.8 Å². The molecule has 0 aliphatic rings. The van der Waals surface area contributed by atoms with Crippen molar-refractivity contribution in [1.29, 1.82) is 0 Å². The summed E-state index contributed by atoms with van der Waals surface area (Å²) in [5.74, 6) is -0.386. The summed E-state index contributed by atoms with van der Waals surface area (Å²) in [7, 11) is 0. The number of halogens is 1. The van der Waals surface area contributed by atoms with E-state index in [9.17, 15) is 9.59 Å². The van der Waals surface area contributed by atoms with E-state index in [-0.39, 0.29) is 17.6 Å². The fourth-order valence-corrected chi connectivity index (χ4v) is 3.03. The lowest BCUT2D eigenvalue weighted by atomic mass is 10.2. The first-order chi connectivity index (χ1) is 9.65. The first-order valence-corrected chi connectivity index (χ1v) is 7.90. The number of hydrogen-bond donors (Lipinski definition) is 2. The Kier molecular flexibility index (Phi) is 5.46. The summed E-state index contributed by atoms with van der Waals surface area (Å²) >= 11 is 8.72. The molecule has 7 heteroatoms. The Hall–Kier alpha value is -1.50. The van der Waals surface area contributed by atoms with E-state index in [0.29, 0.717) is 10.6 Å². The Bertz CT molecular complexity index is 585. The smallest absolute Gasteiger partial charge is 0.269 e. The zero-order valence-corrected chi connectivity index (χ0v) is 12.6. The van der Waals surface area contributed by atoms with Gasteiger partial charge in [-0.25, -0.2) is 0 Å². The summed E-state index contributed by atoms with van der Waals surface area (Å²) < 4.78 is 1.06. The molecule has 0 radical (unpaired) electrons. The van der Waals surface area contributed by atoms with Crippen molar-refractivity contribution >= 4 is 46.5 Å². The van der Waals surface area contributed by atoms with Gasteiger partial charge < -0.3 is 0 Å². The zero-order chi connectivity index (χ0) is 14.4. The van der Waals surface area contributed by atoms with E-state index in [1.807, 2.05) is 17.5 Å². The third-order valence-corrected chi connectivity index (χ3v) is 4.65. The molecule has 1 aromatic carbocycles. The van der Waals surface area contributed by atoms with Crippen LogP contribution in [0.3, 0.4) is 0 Å². The van der Waals surface area contributed by atoms with Crippen LogP contribution in [0.5, 0.6) is 0 Å². The molecular formula is C13H11ClN2O2S2. The van der Waals surface area contributed by atoms with Crippen LogP contribution in [0.15, 0.2) is 46.0 Å². The van der Waals surface area contributed by atoms with Crippen LogP contribution in [0.4, 0.5) is 0 Å². The highest BCUT2D eigenvalue weighted by molar-refractivity contribution is 8.01. The largest absolute Gasteiger partial charge is 0.272 e. The van der Waals surface area contributed by atoms with E-state index < -0.39 is 0 Å². The maximum Gasteiger partial charge on any atom is 0.269 e. The Morgan fingerprint density at radius 1 is 1.15 bits per heavy atom. The fourth-order valence-electron chi connectivity index (χ4n) is 1.32. The minimum Gasteiger partial charge on any atom is -0.272 e. The van der Waals surface area contributed by atoms with Gasteiger partial charge in [0.25, 0.3) is 5.91 Å². The van der Waals surface area contributed by atoms with E-state index in [0.717, 1.165) is 4.21 Å². The Labute approximate surface area is 129 Å². The van der Waals surface area contributed by atoms with Crippen molar-refractivity contribution < 1.29 is 9.59 Å². The van der Waals surface area contributed by atoms with Crippen LogP contribution in [0.2, 0.25) is 5.02 Å². The zero-order valence-electron chi connectivity index (χ0n) is 10.3. The van der Waals surface area contributed by atoms with E-state index in [1.54, 1.807) is 35.6 Å². The second kappa shape index (κ2) is 7.33. The van der Waals surface area contributed by atoms with Crippen molar-refractivity contribution in [2.45, 2.75) is 4.21 Å². The number of carbonyl (C=O) groups is 2. The number of thioether (sulfide) groups is 1. The summed E-state index contributed by atoms with van der Waals surface area (Å²) in [4.78, 5) is 23.3. The van der Waals surface area contributed by atoms with Gasteiger partial charge in [0, 0.05) is 10.6 Å². The van der Waals surface area contributed by atoms with Crippen LogP contribution in [0, 0.1) is 0 Å². The van der Waals surface area contributed by atoms with Crippen LogP contribution in [0.25, 0.3) is 0 Å². The SMILES string of the molecule is O=C(CSc1cccs1)NNC(=O)c1ccc(Cl)cc1. The first kappa shape index (κ1) is 14.9. The molecule has 0 atom stereocenters. The van der Waals surface area contributed by atoms with Gasteiger partial charge in [0.1, 0.15) is 0 Å². The first-order valence-electron chi connectivity index (χ1n) is 5.66. The molecule has 2 aromatic rings. The molecule has 0 fully saturated rings. The van der Waals surface area contributed by atoms with Gasteiger partial charge in [-0.3, -0.25) is 20.4 Å². The molecule has 0 saturated carbocycles. The van der Waals surface area contributed by atoms with Crippen LogP contribution < -0.4 is 10.9 Å². The second-order valence-corrected chi connectivity index (χ2v) is 6.39. The minimum atomic E-state index is -0.379. The number of hydrazine groups is 1. The van der Waals surface area contributed by atoms with Gasteiger partial charge in [-0.15, -0.1) is 23.1 Å². The number of thiophene rings is 1. The minimum absolute atomic E-state index is 0.251. The summed E-state index contributed by atoms with van der Waals surface area (Å²) in [6, 6.07) is 10.3. The van der Waals surface area contributed by atoms with Crippen LogP contribution in [-0.2, 0) is 4.79 Å². The molecule has 1 heterocycles. The number of rotatable bonds is 4. The van der Waals surface area contributed by atoms with E-state index >= 15 is 0 Å². The van der Waals surface area contributed by atoms with Gasteiger partial charge in [-0.05, 0) is 35.7 Å². The molecular weight excluding hydrogens is 316 g/mol. The Morgan fingerprint density at radius 3 is 2.55 bits per heavy atom. The molecule has 104 valence electrons. The highest BCUT2D eigenvalue weighted by atomic mass is 35.5. The number of amides is 2. The van der Waals surface area contributed by atoms with Crippen LogP contribution >= 0.6 is 34.7 Å². The highest BCUT2D eigenvalue weighted by Gasteiger charge is 2.07. The third-order valence-electron chi connectivity index (χ3n) is 2.26. The topological polar surface area (TPSA) is 58.2 Å². The van der Waals surface area contributed by atoms with Crippen molar-refractivity contribution in [1.82, 2.24) is 10.9 Å². The van der Waals surface area contributed by atoms with E-state index in [2.05, 4.69) is 10.9 Å². The monoisotopic (exact) mass is 326 g/mol. The molecule has 0 aliphatic heterocycles. The fraction of sp³-hybridized carbons (Fsp3) is 0.0769. The lowest BCUT2D eigenvalue weighted by molar-refractivity contribution is -0.119. The Balaban J connectivity index is 1.75. The lowest BCUT2D eigenvalue weighted by Crippen LogP contribution is -2.42. The maximum atomic E-state index is 11.7. The highest BCUT2D eigenvalue weighted by Crippen LogP contribution is 2.22. The normalized spacial score (nSPS) is 10.1. The van der Waals surface area contributed by atoms with Gasteiger partial charge in [0.05, 0.1) is 9.96 Å². The van der Waals surface area contributed by atoms with Gasteiger partial charge in [-0.2, -0.15) is 0 Å². The predicted molar refractivity (Wildman–Crippen MR) is 82.1 cm³/mol. The molecule has 0 bridgehead atoms. The Morgan fingerprint density at radius 2 is 1.90 bits per heavy atom. The average Bonchev–Trinajstić information content (AvgIpc) is 2.96. The molecule has 2 rings (SSSR count). The van der Waals surface area contributed by atoms with Crippen LogP contribution in [-0.4, -0.2) is 17.6 Å². The van der Waals surface area contributed by atoms with Crippen molar-refractivity contribution in [2.24, 2.45) is 0 Å². The molecule has 0 spiro atoms. The molecule has 4 nitrogen and oxygen atoms in total. The van der Waals surface area contributed by atoms with Gasteiger partial charge in [0.2, 0.25) is 5.91 Å². The molecule has 20 heavy (non-hydrogen) atoms. The van der Waals surface area contributed by atoms with Gasteiger partial charge >= 0.3 is 0 Å². The lowest BCUT2D eigenvalue weighted by Gasteiger charge is -2.06. The molecule has 2 N–H and O–H groups in total. The molecule has 0 unspecified atom stereocenters. The summed E-state index contributed by atoms with van der Waals surface area (Å²) in [5, 5.41) is 2.50. The quantitative estimate of drug-likeness (QED) is 0.671. The number of carbonyl (C=O) groups excluding carboxylic acids is 2. The third kappa shape index (κ3) is 4.56. The van der Waals surface area contributed by atoms with E-state index in [4.69, 9.17) is 11.6 Å². The number of nitrogens with one attached hydrogen (secondary N) is 2. The maximum absolute atomic E-state index is 11.7. The molecule has 0 aliphatic carbocycles. The molecule has 2 amide bonds. The summed E-state index contributed by atoms with van der Waals surface area (Å²) in [5.41, 5.74) is 5.16. The number of benzene rings is 1. The molecule has 1 aromatic heterocycles. The van der Waals surface area contributed by atoms with Crippen molar-refractivity contribution in [3.05, 3.63) is 52.4 Å². The summed E-state index contributed by atoms with van der Waals surface area (Å²) in [6.07, 6.45) is 0. The van der Waals surface area contributed by atoms with Crippen molar-refractivity contribution in [3.8, 4) is 0 Å². The predicted octanol–water partition coefficient (Wildman–Crippen LogP) is 2.95.